The van der Waals surface area contributed by atoms with Crippen LogP contribution in [0.25, 0.3) is 28.6 Å². The van der Waals surface area contributed by atoms with E-state index in [0.717, 1.165) is 12.1 Å². The lowest BCUT2D eigenvalue weighted by Crippen LogP contribution is -2.35. The molecule has 1 aliphatic carbocycles. The van der Waals surface area contributed by atoms with E-state index in [4.69, 9.17) is 0 Å². The second-order valence-electron chi connectivity index (χ2n) is 4.59. The van der Waals surface area contributed by atoms with Gasteiger partial charge in [0, 0.05) is 27.8 Å². The summed E-state index contributed by atoms with van der Waals surface area (Å²) in [4.78, 5) is 4.92. The summed E-state index contributed by atoms with van der Waals surface area (Å²) in [6.45, 7) is 0. The molecule has 0 saturated heterocycles. The van der Waals surface area contributed by atoms with Gasteiger partial charge in [0.2, 0.25) is 0 Å². The van der Waals surface area contributed by atoms with Gasteiger partial charge in [0.25, 0.3) is 0 Å². The average molecular weight is 299 g/mol. The summed E-state index contributed by atoms with van der Waals surface area (Å²) >= 11 is 3.69. The summed E-state index contributed by atoms with van der Waals surface area (Å²) in [6.07, 6.45) is 9.53. The highest BCUT2D eigenvalue weighted by atomic mass is 79.9. The predicted molar refractivity (Wildman–Crippen MR) is 78.2 cm³/mol. The zero-order valence-corrected chi connectivity index (χ0v) is 11.3. The number of halogens is 1. The van der Waals surface area contributed by atoms with Crippen LogP contribution in [0.15, 0.2) is 36.7 Å². The van der Waals surface area contributed by atoms with Crippen molar-refractivity contribution in [2.75, 3.05) is 0 Å². The molecule has 0 fully saturated rings. The van der Waals surface area contributed by atoms with E-state index in [-0.39, 0.29) is 0 Å². The topological polar surface area (TPSA) is 17.3 Å². The molecule has 4 rings (SSSR count). The van der Waals surface area contributed by atoms with Gasteiger partial charge in [-0.1, -0.05) is 52.3 Å². The van der Waals surface area contributed by atoms with E-state index in [1.54, 1.807) is 0 Å². The molecule has 1 atom stereocenters. The molecule has 0 N–H and O–H groups in total. The zero-order valence-electron chi connectivity index (χ0n) is 9.68. The van der Waals surface area contributed by atoms with Gasteiger partial charge in [-0.15, -0.1) is 0 Å². The summed E-state index contributed by atoms with van der Waals surface area (Å²) in [6, 6.07) is 8.48. The van der Waals surface area contributed by atoms with Gasteiger partial charge in [-0.05, 0) is 11.8 Å². The SMILES string of the molecule is BrC1C=c2c(n3ccnc3c3ccccc23)=CC1. The molecule has 0 spiro atoms. The van der Waals surface area contributed by atoms with E-state index in [1.165, 1.54) is 21.3 Å². The molecule has 2 heterocycles. The van der Waals surface area contributed by atoms with Gasteiger partial charge in [-0.2, -0.15) is 0 Å². The van der Waals surface area contributed by atoms with Crippen molar-refractivity contribution in [3.05, 3.63) is 47.2 Å². The number of hydrogen-bond acceptors (Lipinski definition) is 1. The lowest BCUT2D eigenvalue weighted by Gasteiger charge is -2.11. The van der Waals surface area contributed by atoms with Gasteiger partial charge >= 0.3 is 0 Å². The Morgan fingerprint density at radius 3 is 2.94 bits per heavy atom. The first kappa shape index (κ1) is 10.3. The minimum atomic E-state index is 0.425. The third-order valence-corrected chi connectivity index (χ3v) is 4.16. The average Bonchev–Trinajstić information content (AvgIpc) is 2.88. The Bertz CT molecular complexity index is 877. The van der Waals surface area contributed by atoms with Crippen LogP contribution in [-0.2, 0) is 0 Å². The normalized spacial score (nSPS) is 18.4. The fraction of sp³-hybridized carbons (Fsp3) is 0.133. The lowest BCUT2D eigenvalue weighted by atomic mass is 10.0. The molecule has 1 unspecified atom stereocenters. The van der Waals surface area contributed by atoms with Crippen molar-refractivity contribution in [3.8, 4) is 0 Å². The minimum absolute atomic E-state index is 0.425. The molecule has 0 saturated carbocycles. The quantitative estimate of drug-likeness (QED) is 0.582. The molecular formula is C15H11BrN2. The smallest absolute Gasteiger partial charge is 0.145 e. The summed E-state index contributed by atoms with van der Waals surface area (Å²) < 4.78 is 2.19. The molecule has 1 aliphatic rings. The van der Waals surface area contributed by atoms with Crippen LogP contribution in [0.4, 0.5) is 0 Å². The van der Waals surface area contributed by atoms with Crippen LogP contribution in [-0.4, -0.2) is 14.2 Å². The Balaban J connectivity index is 2.41. The van der Waals surface area contributed by atoms with Crippen molar-refractivity contribution in [1.82, 2.24) is 9.38 Å². The molecule has 0 bridgehead atoms. The van der Waals surface area contributed by atoms with Crippen molar-refractivity contribution < 1.29 is 0 Å². The Hall–Kier alpha value is -1.61. The number of alkyl halides is 1. The van der Waals surface area contributed by atoms with Crippen molar-refractivity contribution in [1.29, 1.82) is 0 Å². The molecule has 2 aromatic heterocycles. The van der Waals surface area contributed by atoms with Gasteiger partial charge in [0.05, 0.1) is 5.35 Å². The third-order valence-electron chi connectivity index (χ3n) is 3.52. The van der Waals surface area contributed by atoms with Crippen LogP contribution in [0.5, 0.6) is 0 Å². The van der Waals surface area contributed by atoms with E-state index in [2.05, 4.69) is 61.7 Å². The predicted octanol–water partition coefficient (Wildman–Crippen LogP) is 2.22. The molecular weight excluding hydrogens is 288 g/mol. The van der Waals surface area contributed by atoms with E-state index in [1.807, 2.05) is 12.4 Å². The number of pyridine rings is 1. The fourth-order valence-corrected chi connectivity index (χ4v) is 3.19. The van der Waals surface area contributed by atoms with Crippen molar-refractivity contribution in [2.24, 2.45) is 0 Å². The fourth-order valence-electron chi connectivity index (χ4n) is 2.73. The maximum atomic E-state index is 4.49. The van der Waals surface area contributed by atoms with Crippen LogP contribution >= 0.6 is 15.9 Å². The maximum Gasteiger partial charge on any atom is 0.145 e. The maximum absolute atomic E-state index is 4.49. The van der Waals surface area contributed by atoms with Crippen LogP contribution in [0.2, 0.25) is 0 Å². The Labute approximate surface area is 112 Å². The van der Waals surface area contributed by atoms with Crippen LogP contribution in [0.1, 0.15) is 6.42 Å². The van der Waals surface area contributed by atoms with E-state index < -0.39 is 0 Å². The number of imidazole rings is 1. The number of rotatable bonds is 0. The van der Waals surface area contributed by atoms with Crippen LogP contribution < -0.4 is 10.6 Å². The Kier molecular flexibility index (Phi) is 2.12. The first-order valence-corrected chi connectivity index (χ1v) is 6.96. The van der Waals surface area contributed by atoms with Gasteiger partial charge in [0.1, 0.15) is 5.65 Å². The third kappa shape index (κ3) is 1.31. The van der Waals surface area contributed by atoms with E-state index in [9.17, 15) is 0 Å². The molecule has 0 radical (unpaired) electrons. The van der Waals surface area contributed by atoms with Gasteiger partial charge < -0.3 is 0 Å². The largest absolute Gasteiger partial charge is 0.299 e. The van der Waals surface area contributed by atoms with Crippen molar-refractivity contribution in [2.45, 2.75) is 11.2 Å². The summed E-state index contributed by atoms with van der Waals surface area (Å²) in [5.41, 5.74) is 1.04. The summed E-state index contributed by atoms with van der Waals surface area (Å²) in [5.74, 6) is 0. The molecule has 18 heavy (non-hydrogen) atoms. The highest BCUT2D eigenvalue weighted by Gasteiger charge is 2.10. The second kappa shape index (κ2) is 3.69. The zero-order chi connectivity index (χ0) is 12.1. The van der Waals surface area contributed by atoms with Gasteiger partial charge in [0.15, 0.2) is 0 Å². The molecule has 3 heteroatoms. The molecule has 2 nitrogen and oxygen atoms in total. The van der Waals surface area contributed by atoms with Crippen LogP contribution in [0.3, 0.4) is 0 Å². The highest BCUT2D eigenvalue weighted by molar-refractivity contribution is 9.09. The molecule has 1 aromatic carbocycles. The van der Waals surface area contributed by atoms with Crippen molar-refractivity contribution in [3.63, 3.8) is 0 Å². The number of aromatic nitrogens is 2. The molecule has 88 valence electrons. The highest BCUT2D eigenvalue weighted by Crippen LogP contribution is 2.16. The number of fused-ring (bicyclic) bond motifs is 6. The number of hydrogen-bond donors (Lipinski definition) is 0. The summed E-state index contributed by atoms with van der Waals surface area (Å²) in [7, 11) is 0. The van der Waals surface area contributed by atoms with E-state index >= 15 is 0 Å². The van der Waals surface area contributed by atoms with Gasteiger partial charge in [-0.3, -0.25) is 4.40 Å². The first-order valence-electron chi connectivity index (χ1n) is 6.04. The number of nitrogens with zero attached hydrogens (tertiary/aromatic N) is 2. The lowest BCUT2D eigenvalue weighted by molar-refractivity contribution is 1.06. The molecule has 0 amide bonds. The van der Waals surface area contributed by atoms with Gasteiger partial charge in [-0.25, -0.2) is 4.98 Å². The summed E-state index contributed by atoms with van der Waals surface area (Å²) in [5, 5.41) is 5.07. The van der Waals surface area contributed by atoms with E-state index in [0.29, 0.717) is 4.83 Å². The second-order valence-corrected chi connectivity index (χ2v) is 5.76. The Morgan fingerprint density at radius 1 is 1.22 bits per heavy atom. The van der Waals surface area contributed by atoms with Crippen molar-refractivity contribution >= 4 is 44.5 Å². The standard InChI is InChI=1S/C15H11BrN2/c16-10-5-6-14-13(9-10)11-3-1-2-4-12(11)15-17-7-8-18(14)15/h1-4,6-10H,5H2. The first-order chi connectivity index (χ1) is 8.84. The molecule has 0 aliphatic heterocycles. The van der Waals surface area contributed by atoms with Crippen LogP contribution in [0, 0.1) is 0 Å². The minimum Gasteiger partial charge on any atom is -0.299 e. The molecule has 3 aromatic rings. The monoisotopic (exact) mass is 298 g/mol. The number of benzene rings is 1. The Morgan fingerprint density at radius 2 is 2.06 bits per heavy atom.